The van der Waals surface area contributed by atoms with Crippen LogP contribution in [0, 0.1) is 23.7 Å². The van der Waals surface area contributed by atoms with Crippen LogP contribution in [0.25, 0.3) is 0 Å². The van der Waals surface area contributed by atoms with Crippen molar-refractivity contribution in [2.45, 2.75) is 32.1 Å². The summed E-state index contributed by atoms with van der Waals surface area (Å²) >= 11 is 0. The normalized spacial score (nSPS) is 26.1. The zero-order valence-corrected chi connectivity index (χ0v) is 19.0. The van der Waals surface area contributed by atoms with Gasteiger partial charge in [-0.15, -0.1) is 0 Å². The van der Waals surface area contributed by atoms with Gasteiger partial charge in [0, 0.05) is 26.7 Å². The molecule has 0 radical (unpaired) electrons. The first-order chi connectivity index (χ1) is 15.6. The summed E-state index contributed by atoms with van der Waals surface area (Å²) in [6.07, 6.45) is 9.14. The van der Waals surface area contributed by atoms with Crippen molar-refractivity contribution in [3.63, 3.8) is 0 Å². The molecule has 1 aliphatic heterocycles. The van der Waals surface area contributed by atoms with Gasteiger partial charge in [-0.1, -0.05) is 24.3 Å². The molecule has 1 aromatic carbocycles. The number of hydrogen-bond acceptors (Lipinski definition) is 4. The quantitative estimate of drug-likeness (QED) is 0.193. The number of allylic oxidation sites excluding steroid dienone is 2. The van der Waals surface area contributed by atoms with Gasteiger partial charge in [-0.05, 0) is 61.6 Å². The van der Waals surface area contributed by atoms with Gasteiger partial charge in [0.1, 0.15) is 5.75 Å². The lowest BCUT2D eigenvalue weighted by atomic mass is 9.85. The lowest BCUT2D eigenvalue weighted by molar-refractivity contribution is -0.140. The fourth-order valence-corrected chi connectivity index (χ4v) is 5.30. The maximum absolute atomic E-state index is 12.7. The number of guanidine groups is 1. The Balaban J connectivity index is 1.10. The van der Waals surface area contributed by atoms with Gasteiger partial charge in [0.05, 0.1) is 18.9 Å². The first-order valence-electron chi connectivity index (χ1n) is 11.7. The fourth-order valence-electron chi connectivity index (χ4n) is 5.30. The van der Waals surface area contributed by atoms with E-state index in [0.717, 1.165) is 50.4 Å². The molecule has 1 heterocycles. The highest BCUT2D eigenvalue weighted by Gasteiger charge is 2.58. The van der Waals surface area contributed by atoms with Gasteiger partial charge in [-0.2, -0.15) is 0 Å². The molecule has 1 saturated heterocycles. The van der Waals surface area contributed by atoms with Crippen molar-refractivity contribution in [1.82, 2.24) is 15.5 Å². The van der Waals surface area contributed by atoms with Crippen molar-refractivity contribution in [3.8, 4) is 5.75 Å². The van der Waals surface area contributed by atoms with E-state index in [9.17, 15) is 9.59 Å². The number of carbonyl (C=O) groups excluding carboxylic acids is 2. The molecule has 0 aromatic heterocycles. The average molecular weight is 439 g/mol. The standard InChI is InChI=1S/C25H34N4O3/c1-26-25(27-13-4-3-6-17-7-11-20(32-2)12-8-17)28-14-5-15-29-23(30)21-18-9-10-19(16-18)22(21)24(29)31/h7-12,18-19,21-22H,3-6,13-16H2,1-2H3,(H2,26,27,28). The first kappa shape index (κ1) is 22.4. The lowest BCUT2D eigenvalue weighted by Crippen LogP contribution is -2.40. The third-order valence-corrected chi connectivity index (χ3v) is 6.98. The van der Waals surface area contributed by atoms with Gasteiger partial charge < -0.3 is 15.4 Å². The Kier molecular flexibility index (Phi) is 7.12. The Morgan fingerprint density at radius 1 is 1.00 bits per heavy atom. The molecule has 2 fully saturated rings. The summed E-state index contributed by atoms with van der Waals surface area (Å²) in [5, 5.41) is 6.62. The monoisotopic (exact) mass is 438 g/mol. The number of rotatable bonds is 10. The Bertz CT molecular complexity index is 850. The summed E-state index contributed by atoms with van der Waals surface area (Å²) in [4.78, 5) is 31.2. The van der Waals surface area contributed by atoms with Crippen molar-refractivity contribution in [1.29, 1.82) is 0 Å². The number of imide groups is 1. The number of benzene rings is 1. The van der Waals surface area contributed by atoms with Gasteiger partial charge in [0.25, 0.3) is 0 Å². The van der Waals surface area contributed by atoms with Crippen LogP contribution in [0.2, 0.25) is 0 Å². The van der Waals surface area contributed by atoms with Crippen LogP contribution in [0.3, 0.4) is 0 Å². The van der Waals surface area contributed by atoms with E-state index in [0.29, 0.717) is 13.1 Å². The third-order valence-electron chi connectivity index (χ3n) is 6.98. The van der Waals surface area contributed by atoms with E-state index in [4.69, 9.17) is 4.74 Å². The number of ether oxygens (including phenoxy) is 1. The van der Waals surface area contributed by atoms with Crippen molar-refractivity contribution in [3.05, 3.63) is 42.0 Å². The van der Waals surface area contributed by atoms with E-state index in [1.807, 2.05) is 12.1 Å². The number of carbonyl (C=O) groups is 2. The Morgan fingerprint density at radius 3 is 2.22 bits per heavy atom. The van der Waals surface area contributed by atoms with Gasteiger partial charge in [0.15, 0.2) is 5.96 Å². The summed E-state index contributed by atoms with van der Waals surface area (Å²) in [5.74, 6) is 2.07. The highest BCUT2D eigenvalue weighted by atomic mass is 16.5. The molecule has 172 valence electrons. The van der Waals surface area contributed by atoms with Crippen LogP contribution in [0.4, 0.5) is 0 Å². The molecule has 7 heteroatoms. The van der Waals surface area contributed by atoms with E-state index >= 15 is 0 Å². The highest BCUT2D eigenvalue weighted by Crippen LogP contribution is 2.52. The molecule has 1 aromatic rings. The molecule has 32 heavy (non-hydrogen) atoms. The van der Waals surface area contributed by atoms with Crippen LogP contribution in [0.15, 0.2) is 41.4 Å². The number of aliphatic imine (C=N–C) groups is 1. The second kappa shape index (κ2) is 10.2. The van der Waals surface area contributed by atoms with Crippen LogP contribution >= 0.6 is 0 Å². The molecule has 3 aliphatic rings. The minimum atomic E-state index is -0.0993. The SMILES string of the molecule is CN=C(NCCCCc1ccc(OC)cc1)NCCCN1C(=O)C2C3C=CC(C3)C2C1=O. The van der Waals surface area contributed by atoms with Crippen LogP contribution in [0.1, 0.15) is 31.2 Å². The minimum Gasteiger partial charge on any atom is -0.497 e. The number of nitrogens with zero attached hydrogens (tertiary/aromatic N) is 2. The molecule has 2 aliphatic carbocycles. The van der Waals surface area contributed by atoms with Crippen LogP contribution in [-0.4, -0.2) is 56.5 Å². The molecule has 4 atom stereocenters. The largest absolute Gasteiger partial charge is 0.497 e. The Hall–Kier alpha value is -2.83. The molecule has 4 rings (SSSR count). The molecule has 2 N–H and O–H groups in total. The fraction of sp³-hybridized carbons (Fsp3) is 0.560. The van der Waals surface area contributed by atoms with E-state index in [-0.39, 0.29) is 35.5 Å². The molecule has 7 nitrogen and oxygen atoms in total. The van der Waals surface area contributed by atoms with Crippen LogP contribution in [0.5, 0.6) is 5.75 Å². The summed E-state index contributed by atoms with van der Waals surface area (Å²) in [7, 11) is 3.43. The molecule has 1 saturated carbocycles. The molecule has 2 bridgehead atoms. The number of aryl methyl sites for hydroxylation is 1. The summed E-state index contributed by atoms with van der Waals surface area (Å²) in [5.41, 5.74) is 1.31. The van der Waals surface area contributed by atoms with Crippen LogP contribution in [-0.2, 0) is 16.0 Å². The lowest BCUT2D eigenvalue weighted by Gasteiger charge is -2.18. The van der Waals surface area contributed by atoms with E-state index < -0.39 is 0 Å². The second-order valence-corrected chi connectivity index (χ2v) is 8.91. The predicted molar refractivity (Wildman–Crippen MR) is 124 cm³/mol. The summed E-state index contributed by atoms with van der Waals surface area (Å²) in [6, 6.07) is 8.21. The van der Waals surface area contributed by atoms with Gasteiger partial charge >= 0.3 is 0 Å². The number of hydrogen-bond donors (Lipinski definition) is 2. The number of fused-ring (bicyclic) bond motifs is 5. The summed E-state index contributed by atoms with van der Waals surface area (Å²) < 4.78 is 5.19. The maximum Gasteiger partial charge on any atom is 0.233 e. The zero-order valence-electron chi connectivity index (χ0n) is 19.0. The van der Waals surface area contributed by atoms with Crippen molar-refractivity contribution in [2.24, 2.45) is 28.7 Å². The van der Waals surface area contributed by atoms with E-state index in [2.05, 4.69) is 39.9 Å². The minimum absolute atomic E-state index is 0.0382. The van der Waals surface area contributed by atoms with Gasteiger partial charge in [0.2, 0.25) is 11.8 Å². The molecular formula is C25H34N4O3. The number of likely N-dealkylation sites (tertiary alicyclic amines) is 1. The zero-order chi connectivity index (χ0) is 22.5. The molecule has 4 unspecified atom stereocenters. The number of methoxy groups -OCH3 is 1. The second-order valence-electron chi connectivity index (χ2n) is 8.91. The van der Waals surface area contributed by atoms with Gasteiger partial charge in [-0.3, -0.25) is 19.5 Å². The Morgan fingerprint density at radius 2 is 1.62 bits per heavy atom. The molecule has 0 spiro atoms. The third kappa shape index (κ3) is 4.66. The van der Waals surface area contributed by atoms with Crippen molar-refractivity contribution in [2.75, 3.05) is 33.8 Å². The highest BCUT2D eigenvalue weighted by molar-refractivity contribution is 6.06. The topological polar surface area (TPSA) is 83.0 Å². The number of amides is 2. The van der Waals surface area contributed by atoms with E-state index in [1.165, 1.54) is 10.5 Å². The van der Waals surface area contributed by atoms with Crippen molar-refractivity contribution < 1.29 is 14.3 Å². The molecular weight excluding hydrogens is 404 g/mol. The number of nitrogens with one attached hydrogen (secondary N) is 2. The smallest absolute Gasteiger partial charge is 0.233 e. The average Bonchev–Trinajstić information content (AvgIpc) is 3.50. The molecule has 2 amide bonds. The number of unbranched alkanes of at least 4 members (excludes halogenated alkanes) is 1. The van der Waals surface area contributed by atoms with Crippen molar-refractivity contribution >= 4 is 17.8 Å². The maximum atomic E-state index is 12.7. The van der Waals surface area contributed by atoms with Crippen LogP contribution < -0.4 is 15.4 Å². The van der Waals surface area contributed by atoms with Gasteiger partial charge in [-0.25, -0.2) is 0 Å². The summed E-state index contributed by atoms with van der Waals surface area (Å²) in [6.45, 7) is 2.00. The van der Waals surface area contributed by atoms with E-state index in [1.54, 1.807) is 14.2 Å². The Labute approximate surface area is 190 Å². The first-order valence-corrected chi connectivity index (χ1v) is 11.7. The predicted octanol–water partition coefficient (Wildman–Crippen LogP) is 2.38.